The molecule has 0 aliphatic rings. The van der Waals surface area contributed by atoms with Crippen LogP contribution in [-0.4, -0.2) is 23.6 Å². The first-order chi connectivity index (χ1) is 7.06. The number of nitrogens with two attached hydrogens (primary N) is 1. The number of hydrogen-bond acceptors (Lipinski definition) is 3. The van der Waals surface area contributed by atoms with Crippen LogP contribution in [0.1, 0.15) is 17.3 Å². The number of amides is 1. The average molecular weight is 212 g/mol. The van der Waals surface area contributed by atoms with Crippen LogP contribution in [0.5, 0.6) is 5.75 Å². The molecule has 0 radical (unpaired) electrons. The molecule has 0 aliphatic carbocycles. The van der Waals surface area contributed by atoms with Gasteiger partial charge in [-0.1, -0.05) is 6.07 Å². The fraction of sp³-hybridized carbons (Fsp3) is 0.300. The monoisotopic (exact) mass is 212 g/mol. The predicted octanol–water partition coefficient (Wildman–Crippen LogP) is 0.608. The van der Waals surface area contributed by atoms with E-state index in [2.05, 4.69) is 5.32 Å². The summed E-state index contributed by atoms with van der Waals surface area (Å²) in [6.45, 7) is 1.94. The van der Waals surface area contributed by atoms with Gasteiger partial charge in [0.15, 0.2) is 0 Å². The van der Waals surface area contributed by atoms with Crippen molar-refractivity contribution in [3.63, 3.8) is 0 Å². The first kappa shape index (κ1) is 11.5. The van der Waals surface area contributed by atoms with Crippen molar-refractivity contribution < 1.29 is 14.3 Å². The highest BCUT2D eigenvalue weighted by atomic mass is 19.1. The molecule has 0 aromatic heterocycles. The number of phenols is 1. The predicted molar refractivity (Wildman–Crippen MR) is 54.0 cm³/mol. The van der Waals surface area contributed by atoms with Gasteiger partial charge in [-0.25, -0.2) is 4.39 Å². The number of benzene rings is 1. The Balaban J connectivity index is 2.91. The number of rotatable bonds is 3. The van der Waals surface area contributed by atoms with Gasteiger partial charge in [0, 0.05) is 12.6 Å². The summed E-state index contributed by atoms with van der Waals surface area (Å²) in [5.41, 5.74) is 4.95. The van der Waals surface area contributed by atoms with Gasteiger partial charge < -0.3 is 16.2 Å². The minimum atomic E-state index is -0.753. The summed E-state index contributed by atoms with van der Waals surface area (Å²) >= 11 is 0. The second-order valence-electron chi connectivity index (χ2n) is 3.24. The number of halogens is 1. The van der Waals surface area contributed by atoms with E-state index in [0.29, 0.717) is 0 Å². The van der Waals surface area contributed by atoms with E-state index < -0.39 is 11.7 Å². The molecule has 0 spiro atoms. The van der Waals surface area contributed by atoms with Crippen LogP contribution < -0.4 is 11.1 Å². The molecule has 1 rings (SSSR count). The van der Waals surface area contributed by atoms with Crippen molar-refractivity contribution in [2.75, 3.05) is 6.54 Å². The molecule has 1 aromatic rings. The molecule has 82 valence electrons. The zero-order valence-corrected chi connectivity index (χ0v) is 8.33. The lowest BCUT2D eigenvalue weighted by atomic mass is 10.1. The van der Waals surface area contributed by atoms with Crippen molar-refractivity contribution in [3.8, 4) is 5.75 Å². The SMILES string of the molecule is CC(CN)NC(=O)c1c(O)cccc1F. The van der Waals surface area contributed by atoms with E-state index in [-0.39, 0.29) is 23.9 Å². The highest BCUT2D eigenvalue weighted by molar-refractivity contribution is 5.97. The second-order valence-corrected chi connectivity index (χ2v) is 3.24. The number of carbonyl (C=O) groups is 1. The molecule has 5 heteroatoms. The van der Waals surface area contributed by atoms with Crippen LogP contribution in [0.2, 0.25) is 0 Å². The van der Waals surface area contributed by atoms with E-state index >= 15 is 0 Å². The van der Waals surface area contributed by atoms with E-state index in [1.807, 2.05) is 0 Å². The first-order valence-electron chi connectivity index (χ1n) is 4.54. The topological polar surface area (TPSA) is 75.3 Å². The fourth-order valence-electron chi connectivity index (χ4n) is 1.09. The van der Waals surface area contributed by atoms with Crippen molar-refractivity contribution >= 4 is 5.91 Å². The van der Waals surface area contributed by atoms with Crippen LogP contribution in [-0.2, 0) is 0 Å². The molecule has 0 fully saturated rings. The average Bonchev–Trinajstić information content (AvgIpc) is 2.17. The van der Waals surface area contributed by atoms with Crippen LogP contribution >= 0.6 is 0 Å². The Morgan fingerprint density at radius 2 is 2.33 bits per heavy atom. The third-order valence-electron chi connectivity index (χ3n) is 1.95. The maximum absolute atomic E-state index is 13.2. The summed E-state index contributed by atoms with van der Waals surface area (Å²) < 4.78 is 13.2. The Morgan fingerprint density at radius 3 is 2.87 bits per heavy atom. The van der Waals surface area contributed by atoms with E-state index in [4.69, 9.17) is 5.73 Å². The molecule has 4 N–H and O–H groups in total. The first-order valence-corrected chi connectivity index (χ1v) is 4.54. The van der Waals surface area contributed by atoms with E-state index in [1.54, 1.807) is 6.92 Å². The minimum absolute atomic E-state index is 0.251. The van der Waals surface area contributed by atoms with Crippen molar-refractivity contribution in [2.24, 2.45) is 5.73 Å². The highest BCUT2D eigenvalue weighted by Gasteiger charge is 2.17. The highest BCUT2D eigenvalue weighted by Crippen LogP contribution is 2.19. The second kappa shape index (κ2) is 4.75. The summed E-state index contributed by atoms with van der Waals surface area (Å²) in [6.07, 6.45) is 0. The molecule has 0 aliphatic heterocycles. The lowest BCUT2D eigenvalue weighted by Gasteiger charge is -2.12. The molecule has 0 saturated heterocycles. The van der Waals surface area contributed by atoms with Gasteiger partial charge in [-0.05, 0) is 19.1 Å². The maximum Gasteiger partial charge on any atom is 0.258 e. The van der Waals surface area contributed by atoms with Gasteiger partial charge >= 0.3 is 0 Å². The third kappa shape index (κ3) is 2.66. The van der Waals surface area contributed by atoms with Gasteiger partial charge in [0.2, 0.25) is 0 Å². The van der Waals surface area contributed by atoms with Gasteiger partial charge in [-0.15, -0.1) is 0 Å². The quantitative estimate of drug-likeness (QED) is 0.687. The van der Waals surface area contributed by atoms with Crippen molar-refractivity contribution in [2.45, 2.75) is 13.0 Å². The number of carbonyl (C=O) groups excluding carboxylic acids is 1. The molecule has 1 atom stereocenters. The molecule has 1 amide bonds. The molecule has 15 heavy (non-hydrogen) atoms. The number of phenolic OH excluding ortho intramolecular Hbond substituents is 1. The van der Waals surface area contributed by atoms with Crippen LogP contribution in [0.3, 0.4) is 0 Å². The fourth-order valence-corrected chi connectivity index (χ4v) is 1.09. The summed E-state index contributed by atoms with van der Waals surface area (Å²) in [5, 5.41) is 11.8. The number of hydrogen-bond donors (Lipinski definition) is 3. The van der Waals surface area contributed by atoms with Crippen molar-refractivity contribution in [1.82, 2.24) is 5.32 Å². The summed E-state index contributed by atoms with van der Waals surface area (Å²) in [4.78, 5) is 11.5. The Kier molecular flexibility index (Phi) is 3.62. The Hall–Kier alpha value is -1.62. The van der Waals surface area contributed by atoms with Crippen molar-refractivity contribution in [1.29, 1.82) is 0 Å². The van der Waals surface area contributed by atoms with E-state index in [9.17, 15) is 14.3 Å². The van der Waals surface area contributed by atoms with E-state index in [0.717, 1.165) is 6.07 Å². The Labute approximate surface area is 86.9 Å². The lowest BCUT2D eigenvalue weighted by Crippen LogP contribution is -2.38. The third-order valence-corrected chi connectivity index (χ3v) is 1.95. The largest absolute Gasteiger partial charge is 0.507 e. The number of aromatic hydroxyl groups is 1. The van der Waals surface area contributed by atoms with Gasteiger partial charge in [0.25, 0.3) is 5.91 Å². The lowest BCUT2D eigenvalue weighted by molar-refractivity contribution is 0.0934. The molecule has 0 saturated carbocycles. The van der Waals surface area contributed by atoms with Crippen LogP contribution in [0.4, 0.5) is 4.39 Å². The standard InChI is InChI=1S/C10H13FN2O2/c1-6(5-12)13-10(15)9-7(11)3-2-4-8(9)14/h2-4,6,14H,5,12H2,1H3,(H,13,15). The number of nitrogens with one attached hydrogen (secondary N) is 1. The summed E-state index contributed by atoms with van der Waals surface area (Å²) in [6, 6.07) is 3.43. The zero-order chi connectivity index (χ0) is 11.4. The van der Waals surface area contributed by atoms with Gasteiger partial charge in [-0.2, -0.15) is 0 Å². The van der Waals surface area contributed by atoms with Crippen LogP contribution in [0.25, 0.3) is 0 Å². The van der Waals surface area contributed by atoms with Crippen LogP contribution in [0, 0.1) is 5.82 Å². The molecule has 1 unspecified atom stereocenters. The van der Waals surface area contributed by atoms with Gasteiger partial charge in [0.05, 0.1) is 0 Å². The molecule has 1 aromatic carbocycles. The van der Waals surface area contributed by atoms with Gasteiger partial charge in [0.1, 0.15) is 17.1 Å². The molecule has 0 bridgehead atoms. The van der Waals surface area contributed by atoms with E-state index in [1.165, 1.54) is 12.1 Å². The molecular formula is C10H13FN2O2. The maximum atomic E-state index is 13.2. The Bertz CT molecular complexity index is 348. The minimum Gasteiger partial charge on any atom is -0.507 e. The molecular weight excluding hydrogens is 199 g/mol. The molecule has 4 nitrogen and oxygen atoms in total. The van der Waals surface area contributed by atoms with Crippen LogP contribution in [0.15, 0.2) is 18.2 Å². The Morgan fingerprint density at radius 1 is 1.67 bits per heavy atom. The van der Waals surface area contributed by atoms with Crippen molar-refractivity contribution in [3.05, 3.63) is 29.6 Å². The summed E-state index contributed by atoms with van der Waals surface area (Å²) in [7, 11) is 0. The summed E-state index contributed by atoms with van der Waals surface area (Å²) in [5.74, 6) is -1.79. The normalized spacial score (nSPS) is 12.2. The zero-order valence-electron chi connectivity index (χ0n) is 8.33. The van der Waals surface area contributed by atoms with Gasteiger partial charge in [-0.3, -0.25) is 4.79 Å². The molecule has 0 heterocycles. The smallest absolute Gasteiger partial charge is 0.258 e.